The number of likely N-dealkylation sites (tertiary alicyclic amines) is 1. The van der Waals surface area contributed by atoms with Crippen molar-refractivity contribution in [1.82, 2.24) is 24.8 Å². The minimum Gasteiger partial charge on any atom is -0.392 e. The summed E-state index contributed by atoms with van der Waals surface area (Å²) in [6.07, 6.45) is 1.06. The van der Waals surface area contributed by atoms with Gasteiger partial charge in [0.25, 0.3) is 5.91 Å². The van der Waals surface area contributed by atoms with Crippen molar-refractivity contribution >= 4 is 17.5 Å². The van der Waals surface area contributed by atoms with E-state index in [2.05, 4.69) is 15.4 Å². The molecule has 0 bridgehead atoms. The molecule has 2 aromatic heterocycles. The van der Waals surface area contributed by atoms with Crippen LogP contribution in [0, 0.1) is 26.2 Å². The first-order valence-electron chi connectivity index (χ1n) is 9.43. The van der Waals surface area contributed by atoms with Gasteiger partial charge in [-0.2, -0.15) is 5.10 Å². The number of carbonyl (C=O) groups excluding carboxylic acids is 2. The van der Waals surface area contributed by atoms with Crippen molar-refractivity contribution in [3.05, 3.63) is 28.7 Å². The predicted molar refractivity (Wildman–Crippen MR) is 98.4 cm³/mol. The number of amides is 2. The highest BCUT2D eigenvalue weighted by atomic mass is 16.3. The molecule has 4 heterocycles. The molecule has 8 nitrogen and oxygen atoms in total. The van der Waals surface area contributed by atoms with Crippen LogP contribution in [-0.4, -0.2) is 62.2 Å². The van der Waals surface area contributed by atoms with Crippen molar-refractivity contribution < 1.29 is 14.7 Å². The Labute approximate surface area is 157 Å². The first-order chi connectivity index (χ1) is 12.8. The van der Waals surface area contributed by atoms with Crippen LogP contribution in [0.25, 0.3) is 5.65 Å². The van der Waals surface area contributed by atoms with Crippen LogP contribution in [0.1, 0.15) is 46.7 Å². The summed E-state index contributed by atoms with van der Waals surface area (Å²) in [5, 5.41) is 17.9. The number of aliphatic hydroxyl groups is 1. The second-order valence-corrected chi connectivity index (χ2v) is 7.78. The predicted octanol–water partition coefficient (Wildman–Crippen LogP) is 0.758. The van der Waals surface area contributed by atoms with Crippen LogP contribution < -0.4 is 5.32 Å². The van der Waals surface area contributed by atoms with Crippen LogP contribution in [0.3, 0.4) is 0 Å². The van der Waals surface area contributed by atoms with Gasteiger partial charge in [0.15, 0.2) is 5.65 Å². The van der Waals surface area contributed by atoms with E-state index in [-0.39, 0.29) is 18.4 Å². The zero-order valence-corrected chi connectivity index (χ0v) is 15.9. The number of fused-ring (bicyclic) bond motifs is 1. The minimum atomic E-state index is -0.914. The van der Waals surface area contributed by atoms with Gasteiger partial charge in [0.05, 0.1) is 17.2 Å². The Morgan fingerprint density at radius 3 is 2.89 bits per heavy atom. The van der Waals surface area contributed by atoms with Gasteiger partial charge in [-0.25, -0.2) is 9.50 Å². The Morgan fingerprint density at radius 2 is 2.15 bits per heavy atom. The number of rotatable bonds is 1. The maximum absolute atomic E-state index is 13.4. The fourth-order valence-electron chi connectivity index (χ4n) is 4.45. The third-order valence-electron chi connectivity index (χ3n) is 5.89. The molecule has 0 aliphatic carbocycles. The lowest BCUT2D eigenvalue weighted by Gasteiger charge is -2.46. The molecule has 2 fully saturated rings. The summed E-state index contributed by atoms with van der Waals surface area (Å²) in [7, 11) is 0. The molecule has 2 atom stereocenters. The van der Waals surface area contributed by atoms with Gasteiger partial charge in [0, 0.05) is 31.0 Å². The Morgan fingerprint density at radius 1 is 1.37 bits per heavy atom. The minimum absolute atomic E-state index is 0.153. The van der Waals surface area contributed by atoms with Crippen molar-refractivity contribution in [3.8, 4) is 0 Å². The van der Waals surface area contributed by atoms with Gasteiger partial charge in [-0.15, -0.1) is 0 Å². The summed E-state index contributed by atoms with van der Waals surface area (Å²) in [5.74, 6) is -0.329. The van der Waals surface area contributed by atoms with E-state index in [1.165, 1.54) is 0 Å². The second-order valence-electron chi connectivity index (χ2n) is 7.78. The molecule has 4 rings (SSSR count). The molecule has 2 aromatic rings. The normalized spacial score (nSPS) is 25.9. The molecule has 1 spiro atoms. The second kappa shape index (κ2) is 6.30. The van der Waals surface area contributed by atoms with Crippen molar-refractivity contribution in [2.75, 3.05) is 19.6 Å². The zero-order valence-electron chi connectivity index (χ0n) is 15.9. The average Bonchev–Trinajstić information content (AvgIpc) is 2.95. The Balaban J connectivity index is 1.72. The molecule has 0 aromatic carbocycles. The number of aliphatic hydroxyl groups excluding tert-OH is 1. The Bertz CT molecular complexity index is 937. The van der Waals surface area contributed by atoms with E-state index in [9.17, 15) is 14.7 Å². The number of hydrogen-bond donors (Lipinski definition) is 2. The highest BCUT2D eigenvalue weighted by Gasteiger charge is 2.51. The SMILES string of the molecule is Cc1cc(C)n2nc(C)c(C(=O)N3CC[C@@H](O)[C@@]4(CCCNC4=O)C3)c2n1. The molecule has 144 valence electrons. The van der Waals surface area contributed by atoms with Crippen molar-refractivity contribution in [3.63, 3.8) is 0 Å². The molecule has 0 unspecified atom stereocenters. The fraction of sp³-hybridized carbons (Fsp3) is 0.579. The quantitative estimate of drug-likeness (QED) is 0.771. The number of aryl methyl sites for hydroxylation is 3. The molecular weight excluding hydrogens is 346 g/mol. The van der Waals surface area contributed by atoms with E-state index in [1.54, 1.807) is 16.3 Å². The van der Waals surface area contributed by atoms with E-state index >= 15 is 0 Å². The highest BCUT2D eigenvalue weighted by molar-refractivity contribution is 6.01. The highest BCUT2D eigenvalue weighted by Crippen LogP contribution is 2.38. The summed E-state index contributed by atoms with van der Waals surface area (Å²) < 4.78 is 1.69. The van der Waals surface area contributed by atoms with Crippen LogP contribution in [-0.2, 0) is 4.79 Å². The van der Waals surface area contributed by atoms with Gasteiger partial charge in [0.1, 0.15) is 5.56 Å². The maximum atomic E-state index is 13.4. The standard InChI is InChI=1S/C19H25N5O3/c1-11-9-12(2)24-16(21-11)15(13(3)22-24)17(26)23-8-5-14(25)19(10-23)6-4-7-20-18(19)27/h9,14,25H,4-8,10H2,1-3H3,(H,20,27)/t14-,19-/m1/s1. The van der Waals surface area contributed by atoms with Gasteiger partial charge < -0.3 is 15.3 Å². The van der Waals surface area contributed by atoms with Crippen molar-refractivity contribution in [2.24, 2.45) is 5.41 Å². The first-order valence-corrected chi connectivity index (χ1v) is 9.43. The topological polar surface area (TPSA) is 99.8 Å². The fourth-order valence-corrected chi connectivity index (χ4v) is 4.45. The van der Waals surface area contributed by atoms with Gasteiger partial charge in [-0.1, -0.05) is 0 Å². The van der Waals surface area contributed by atoms with E-state index in [0.29, 0.717) is 42.8 Å². The third kappa shape index (κ3) is 2.70. The van der Waals surface area contributed by atoms with Crippen LogP contribution in [0.15, 0.2) is 6.07 Å². The third-order valence-corrected chi connectivity index (χ3v) is 5.89. The molecule has 8 heteroatoms. The summed E-state index contributed by atoms with van der Waals surface area (Å²) in [4.78, 5) is 32.2. The van der Waals surface area contributed by atoms with Crippen LogP contribution in [0.5, 0.6) is 0 Å². The van der Waals surface area contributed by atoms with Gasteiger partial charge in [-0.3, -0.25) is 9.59 Å². The molecule has 0 radical (unpaired) electrons. The summed E-state index contributed by atoms with van der Waals surface area (Å²) in [5.41, 5.74) is 2.47. The molecule has 2 aliphatic heterocycles. The molecule has 2 saturated heterocycles. The first kappa shape index (κ1) is 17.9. The summed E-state index contributed by atoms with van der Waals surface area (Å²) in [6, 6.07) is 1.92. The summed E-state index contributed by atoms with van der Waals surface area (Å²) in [6.45, 7) is 6.88. The van der Waals surface area contributed by atoms with E-state index in [1.807, 2.05) is 19.9 Å². The van der Waals surface area contributed by atoms with E-state index in [0.717, 1.165) is 17.8 Å². The monoisotopic (exact) mass is 371 g/mol. The average molecular weight is 371 g/mol. The van der Waals surface area contributed by atoms with E-state index < -0.39 is 11.5 Å². The number of piperidine rings is 2. The molecule has 2 aliphatic rings. The van der Waals surface area contributed by atoms with Crippen LogP contribution in [0.2, 0.25) is 0 Å². The van der Waals surface area contributed by atoms with Gasteiger partial charge >= 0.3 is 0 Å². The number of aromatic nitrogens is 3. The van der Waals surface area contributed by atoms with Crippen LogP contribution in [0.4, 0.5) is 0 Å². The maximum Gasteiger partial charge on any atom is 0.259 e. The lowest BCUT2D eigenvalue weighted by Crippen LogP contribution is -2.62. The van der Waals surface area contributed by atoms with Crippen molar-refractivity contribution in [2.45, 2.75) is 46.1 Å². The van der Waals surface area contributed by atoms with Gasteiger partial charge in [-0.05, 0) is 46.1 Å². The zero-order chi connectivity index (χ0) is 19.3. The van der Waals surface area contributed by atoms with E-state index in [4.69, 9.17) is 0 Å². The largest absolute Gasteiger partial charge is 0.392 e. The lowest BCUT2D eigenvalue weighted by atomic mass is 9.71. The molecular formula is C19H25N5O3. The molecule has 27 heavy (non-hydrogen) atoms. The summed E-state index contributed by atoms with van der Waals surface area (Å²) >= 11 is 0. The van der Waals surface area contributed by atoms with Crippen LogP contribution >= 0.6 is 0 Å². The smallest absolute Gasteiger partial charge is 0.259 e. The van der Waals surface area contributed by atoms with Crippen molar-refractivity contribution in [1.29, 1.82) is 0 Å². The lowest BCUT2D eigenvalue weighted by molar-refractivity contribution is -0.147. The molecule has 2 N–H and O–H groups in total. The number of hydrogen-bond acceptors (Lipinski definition) is 5. The number of carbonyl (C=O) groups is 2. The Hall–Kier alpha value is -2.48. The molecule has 0 saturated carbocycles. The Kier molecular flexibility index (Phi) is 4.18. The number of nitrogens with zero attached hydrogens (tertiary/aromatic N) is 4. The molecule has 2 amide bonds. The number of nitrogens with one attached hydrogen (secondary N) is 1. The van der Waals surface area contributed by atoms with Gasteiger partial charge in [0.2, 0.25) is 5.91 Å².